The van der Waals surface area contributed by atoms with E-state index in [1.165, 1.54) is 5.56 Å². The Labute approximate surface area is 200 Å². The number of benzene rings is 1. The first-order valence-electron chi connectivity index (χ1n) is 12.2. The van der Waals surface area contributed by atoms with E-state index in [9.17, 15) is 4.79 Å². The first kappa shape index (κ1) is 22.3. The number of aromatic nitrogens is 3. The average Bonchev–Trinajstić information content (AvgIpc) is 2.86. The van der Waals surface area contributed by atoms with E-state index in [1.54, 1.807) is 12.4 Å². The molecule has 7 heteroatoms. The highest BCUT2D eigenvalue weighted by Gasteiger charge is 2.39. The van der Waals surface area contributed by atoms with Crippen LogP contribution in [0.2, 0.25) is 0 Å². The molecule has 0 unspecified atom stereocenters. The van der Waals surface area contributed by atoms with E-state index in [-0.39, 0.29) is 0 Å². The van der Waals surface area contributed by atoms with Crippen LogP contribution in [0, 0.1) is 0 Å². The Balaban J connectivity index is 1.40. The fourth-order valence-corrected chi connectivity index (χ4v) is 5.00. The normalized spacial score (nSPS) is 17.6. The van der Waals surface area contributed by atoms with Crippen molar-refractivity contribution in [3.8, 4) is 6.01 Å². The van der Waals surface area contributed by atoms with Gasteiger partial charge in [-0.3, -0.25) is 0 Å². The quantitative estimate of drug-likeness (QED) is 0.476. The summed E-state index contributed by atoms with van der Waals surface area (Å²) in [6.07, 6.45) is 11.4. The second-order valence-electron chi connectivity index (χ2n) is 9.21. The zero-order valence-electron chi connectivity index (χ0n) is 19.6. The van der Waals surface area contributed by atoms with Crippen LogP contribution < -0.4 is 15.0 Å². The summed E-state index contributed by atoms with van der Waals surface area (Å²) in [4.78, 5) is 27.7. The van der Waals surface area contributed by atoms with Crippen molar-refractivity contribution >= 4 is 23.5 Å². The fraction of sp³-hybridized carbons (Fsp3) is 0.407. The highest BCUT2D eigenvalue weighted by Crippen LogP contribution is 2.44. The maximum Gasteiger partial charge on any atom is 0.316 e. The molecule has 0 spiro atoms. The summed E-state index contributed by atoms with van der Waals surface area (Å²) < 4.78 is 5.37. The number of hydrogen-bond acceptors (Lipinski definition) is 7. The predicted octanol–water partition coefficient (Wildman–Crippen LogP) is 5.02. The van der Waals surface area contributed by atoms with Crippen molar-refractivity contribution in [1.82, 2.24) is 15.0 Å². The molecule has 0 atom stereocenters. The molecule has 1 aromatic carbocycles. The molecule has 7 nitrogen and oxygen atoms in total. The molecule has 0 bridgehead atoms. The number of nitrogens with one attached hydrogen (secondary N) is 1. The number of piperidine rings is 1. The fourth-order valence-electron chi connectivity index (χ4n) is 5.00. The van der Waals surface area contributed by atoms with Crippen LogP contribution in [-0.4, -0.2) is 40.9 Å². The Bertz CT molecular complexity index is 1110. The van der Waals surface area contributed by atoms with E-state index in [2.05, 4.69) is 56.6 Å². The number of nitrogens with zero attached hydrogens (tertiary/aromatic N) is 4. The number of anilines is 3. The Morgan fingerprint density at radius 3 is 2.44 bits per heavy atom. The Morgan fingerprint density at radius 2 is 1.82 bits per heavy atom. The molecule has 176 valence electrons. The third-order valence-electron chi connectivity index (χ3n) is 7.16. The standard InChI is InChI=1S/C27H31N5O2/c1-2-34-26-29-17-23(18-30-26)31-24-15-22(27(19-33)11-6-12-27)16-28-25(24)32-13-9-21(10-14-32)20-7-4-3-5-8-20/h3-5,7-8,15-19,21,31H,2,6,9-14H2,1H3. The van der Waals surface area contributed by atoms with Crippen LogP contribution in [0.5, 0.6) is 6.01 Å². The highest BCUT2D eigenvalue weighted by atomic mass is 16.5. The van der Waals surface area contributed by atoms with Crippen LogP contribution in [0.15, 0.2) is 55.0 Å². The van der Waals surface area contributed by atoms with Crippen LogP contribution in [0.25, 0.3) is 0 Å². The minimum absolute atomic E-state index is 0.359. The Morgan fingerprint density at radius 1 is 1.09 bits per heavy atom. The summed E-state index contributed by atoms with van der Waals surface area (Å²) in [5.41, 5.74) is 3.63. The number of carbonyl (C=O) groups is 1. The van der Waals surface area contributed by atoms with Crippen molar-refractivity contribution in [2.45, 2.75) is 50.4 Å². The van der Waals surface area contributed by atoms with Gasteiger partial charge in [-0.15, -0.1) is 0 Å². The third kappa shape index (κ3) is 4.47. The minimum atomic E-state index is -0.405. The Hall–Kier alpha value is -3.48. The van der Waals surface area contributed by atoms with Crippen molar-refractivity contribution in [1.29, 1.82) is 0 Å². The van der Waals surface area contributed by atoms with E-state index in [1.807, 2.05) is 13.1 Å². The molecule has 2 fully saturated rings. The first-order chi connectivity index (χ1) is 16.7. The molecule has 2 aliphatic rings. The van der Waals surface area contributed by atoms with Gasteiger partial charge in [-0.25, -0.2) is 15.0 Å². The van der Waals surface area contributed by atoms with Gasteiger partial charge in [-0.05, 0) is 55.7 Å². The maximum absolute atomic E-state index is 11.9. The maximum atomic E-state index is 11.9. The van der Waals surface area contributed by atoms with Gasteiger partial charge < -0.3 is 19.7 Å². The lowest BCUT2D eigenvalue weighted by molar-refractivity contribution is -0.115. The molecule has 2 aromatic heterocycles. The predicted molar refractivity (Wildman–Crippen MR) is 133 cm³/mol. The van der Waals surface area contributed by atoms with Gasteiger partial charge in [0.1, 0.15) is 6.29 Å². The molecule has 3 aromatic rings. The summed E-state index contributed by atoms with van der Waals surface area (Å²) in [7, 11) is 0. The minimum Gasteiger partial charge on any atom is -0.464 e. The second kappa shape index (κ2) is 9.79. The summed E-state index contributed by atoms with van der Waals surface area (Å²) in [6, 6.07) is 13.2. The molecule has 5 rings (SSSR count). The summed E-state index contributed by atoms with van der Waals surface area (Å²) in [5, 5.41) is 3.47. The Kier molecular flexibility index (Phi) is 6.43. The van der Waals surface area contributed by atoms with Crippen molar-refractivity contribution in [3.05, 3.63) is 66.1 Å². The van der Waals surface area contributed by atoms with E-state index < -0.39 is 5.41 Å². The van der Waals surface area contributed by atoms with Crippen LogP contribution in [0.1, 0.15) is 56.1 Å². The first-order valence-corrected chi connectivity index (χ1v) is 12.2. The van der Waals surface area contributed by atoms with Gasteiger partial charge in [-0.2, -0.15) is 0 Å². The zero-order chi connectivity index (χ0) is 23.4. The SMILES string of the molecule is CCOc1ncc(Nc2cc(C3(C=O)CCC3)cnc2N2CCC(c3ccccc3)CC2)cn1. The molecule has 1 saturated heterocycles. The number of aldehydes is 1. The van der Waals surface area contributed by atoms with Gasteiger partial charge in [0.15, 0.2) is 5.82 Å². The van der Waals surface area contributed by atoms with E-state index >= 15 is 0 Å². The summed E-state index contributed by atoms with van der Waals surface area (Å²) in [5.74, 6) is 1.48. The lowest BCUT2D eigenvalue weighted by Gasteiger charge is -2.38. The summed E-state index contributed by atoms with van der Waals surface area (Å²) in [6.45, 7) is 4.29. The molecule has 0 amide bonds. The van der Waals surface area contributed by atoms with Crippen molar-refractivity contribution < 1.29 is 9.53 Å². The van der Waals surface area contributed by atoms with Gasteiger partial charge in [0.05, 0.1) is 35.8 Å². The molecule has 3 heterocycles. The number of rotatable bonds is 8. The van der Waals surface area contributed by atoms with Gasteiger partial charge >= 0.3 is 6.01 Å². The van der Waals surface area contributed by atoms with Crippen molar-refractivity contribution in [2.75, 3.05) is 29.9 Å². The van der Waals surface area contributed by atoms with E-state index in [0.717, 1.165) is 74.2 Å². The lowest BCUT2D eigenvalue weighted by Crippen LogP contribution is -2.37. The number of carbonyl (C=O) groups excluding carboxylic acids is 1. The molecule has 1 N–H and O–H groups in total. The van der Waals surface area contributed by atoms with E-state index in [4.69, 9.17) is 9.72 Å². The van der Waals surface area contributed by atoms with Gasteiger partial charge in [0.2, 0.25) is 0 Å². The van der Waals surface area contributed by atoms with Crippen molar-refractivity contribution in [3.63, 3.8) is 0 Å². The summed E-state index contributed by atoms with van der Waals surface area (Å²) >= 11 is 0. The average molecular weight is 458 g/mol. The lowest BCUT2D eigenvalue weighted by atomic mass is 9.66. The molecule has 1 aliphatic carbocycles. The molecule has 1 saturated carbocycles. The zero-order valence-corrected chi connectivity index (χ0v) is 19.6. The largest absolute Gasteiger partial charge is 0.464 e. The third-order valence-corrected chi connectivity index (χ3v) is 7.16. The topological polar surface area (TPSA) is 80.2 Å². The molecule has 0 radical (unpaired) electrons. The molecular formula is C27H31N5O2. The van der Waals surface area contributed by atoms with Gasteiger partial charge in [-0.1, -0.05) is 36.8 Å². The molecule has 1 aliphatic heterocycles. The van der Waals surface area contributed by atoms with E-state index in [0.29, 0.717) is 18.5 Å². The van der Waals surface area contributed by atoms with Crippen molar-refractivity contribution in [2.24, 2.45) is 0 Å². The monoisotopic (exact) mass is 457 g/mol. The van der Waals surface area contributed by atoms with Crippen LogP contribution >= 0.6 is 0 Å². The second-order valence-corrected chi connectivity index (χ2v) is 9.21. The van der Waals surface area contributed by atoms with Crippen LogP contribution in [-0.2, 0) is 10.2 Å². The molecule has 34 heavy (non-hydrogen) atoms. The number of pyridine rings is 1. The highest BCUT2D eigenvalue weighted by molar-refractivity contribution is 5.76. The number of hydrogen-bond donors (Lipinski definition) is 1. The van der Waals surface area contributed by atoms with Crippen LogP contribution in [0.3, 0.4) is 0 Å². The van der Waals surface area contributed by atoms with Gasteiger partial charge in [0.25, 0.3) is 0 Å². The smallest absolute Gasteiger partial charge is 0.316 e. The number of ether oxygens (including phenoxy) is 1. The van der Waals surface area contributed by atoms with Gasteiger partial charge in [0, 0.05) is 19.3 Å². The molecular weight excluding hydrogens is 426 g/mol. The van der Waals surface area contributed by atoms with Crippen LogP contribution in [0.4, 0.5) is 17.2 Å².